The summed E-state index contributed by atoms with van der Waals surface area (Å²) >= 11 is 0. The lowest BCUT2D eigenvalue weighted by Gasteiger charge is -2.12. The van der Waals surface area contributed by atoms with E-state index in [1.165, 1.54) is 24.3 Å². The Morgan fingerprint density at radius 3 is 1.50 bits per heavy atom. The molecule has 0 aromatic heterocycles. The molecule has 24 heavy (non-hydrogen) atoms. The van der Waals surface area contributed by atoms with Crippen LogP contribution in [-0.4, -0.2) is 44.3 Å². The van der Waals surface area contributed by atoms with Gasteiger partial charge in [-0.1, -0.05) is 18.2 Å². The third kappa shape index (κ3) is 2.93. The summed E-state index contributed by atoms with van der Waals surface area (Å²) in [6, 6.07) is 7.00. The molecule has 0 aliphatic carbocycles. The van der Waals surface area contributed by atoms with E-state index in [0.717, 1.165) is 6.07 Å². The maximum Gasteiger partial charge on any atom is 0.336 e. The molecule has 0 heterocycles. The van der Waals surface area contributed by atoms with E-state index in [1.54, 1.807) is 0 Å². The molecule has 8 heteroatoms. The van der Waals surface area contributed by atoms with Crippen molar-refractivity contribution in [3.05, 3.63) is 58.7 Å². The smallest absolute Gasteiger partial charge is 0.336 e. The number of carboxylic acid groups (broad SMARTS) is 4. The summed E-state index contributed by atoms with van der Waals surface area (Å²) in [5.74, 6) is -6.02. The van der Waals surface area contributed by atoms with Crippen molar-refractivity contribution >= 4 is 23.9 Å². The van der Waals surface area contributed by atoms with Crippen molar-refractivity contribution in [1.29, 1.82) is 0 Å². The fourth-order valence-corrected chi connectivity index (χ4v) is 2.26. The van der Waals surface area contributed by atoms with Crippen molar-refractivity contribution in [1.82, 2.24) is 0 Å². The molecule has 0 aliphatic rings. The lowest BCUT2D eigenvalue weighted by atomic mass is 9.91. The molecule has 2 aromatic carbocycles. The van der Waals surface area contributed by atoms with E-state index in [2.05, 4.69) is 0 Å². The van der Waals surface area contributed by atoms with Gasteiger partial charge in [0.25, 0.3) is 0 Å². The van der Waals surface area contributed by atoms with Crippen LogP contribution in [0.3, 0.4) is 0 Å². The van der Waals surface area contributed by atoms with Crippen molar-refractivity contribution in [2.45, 2.75) is 0 Å². The van der Waals surface area contributed by atoms with Crippen molar-refractivity contribution in [3.63, 3.8) is 0 Å². The van der Waals surface area contributed by atoms with Crippen LogP contribution in [0.2, 0.25) is 0 Å². The zero-order valence-corrected chi connectivity index (χ0v) is 11.9. The van der Waals surface area contributed by atoms with Gasteiger partial charge in [0.1, 0.15) is 0 Å². The number of rotatable bonds is 5. The number of carboxylic acids is 4. The number of hydrogen-bond acceptors (Lipinski definition) is 4. The molecular formula is C16H10O8. The standard InChI is InChI=1S/C16H10O8/c17-13(18)8-4-2-1-3-7(8)9-5-11(15(21)22)12(16(23)24)6-10(9)14(19)20/h1-6H,(H,17,18)(H,19,20)(H,21,22)(H,23,24). The normalized spacial score (nSPS) is 10.2. The molecule has 4 N–H and O–H groups in total. The Morgan fingerprint density at radius 2 is 1.00 bits per heavy atom. The highest BCUT2D eigenvalue weighted by atomic mass is 16.4. The molecular weight excluding hydrogens is 320 g/mol. The minimum absolute atomic E-state index is 0.0261. The Labute approximate surface area is 134 Å². The second-order valence-corrected chi connectivity index (χ2v) is 4.71. The molecule has 122 valence electrons. The number of hydrogen-bond donors (Lipinski definition) is 4. The fourth-order valence-electron chi connectivity index (χ4n) is 2.26. The maximum absolute atomic E-state index is 11.4. The number of carbonyl (C=O) groups is 4. The second kappa shape index (κ2) is 6.21. The first-order valence-corrected chi connectivity index (χ1v) is 6.44. The number of benzene rings is 2. The Kier molecular flexibility index (Phi) is 4.32. The van der Waals surface area contributed by atoms with E-state index in [4.69, 9.17) is 10.2 Å². The van der Waals surface area contributed by atoms with Gasteiger partial charge >= 0.3 is 23.9 Å². The first-order chi connectivity index (χ1) is 11.2. The average Bonchev–Trinajstić information content (AvgIpc) is 2.53. The zero-order chi connectivity index (χ0) is 18.0. The number of aromatic carboxylic acids is 4. The van der Waals surface area contributed by atoms with E-state index in [0.29, 0.717) is 6.07 Å². The van der Waals surface area contributed by atoms with Crippen molar-refractivity contribution in [2.24, 2.45) is 0 Å². The van der Waals surface area contributed by atoms with Gasteiger partial charge < -0.3 is 20.4 Å². The Morgan fingerprint density at radius 1 is 0.542 bits per heavy atom. The fraction of sp³-hybridized carbons (Fsp3) is 0. The highest BCUT2D eigenvalue weighted by Crippen LogP contribution is 2.30. The molecule has 0 radical (unpaired) electrons. The van der Waals surface area contributed by atoms with E-state index in [1.807, 2.05) is 0 Å². The third-order valence-corrected chi connectivity index (χ3v) is 3.30. The van der Waals surface area contributed by atoms with Gasteiger partial charge in [0.05, 0.1) is 22.3 Å². The highest BCUT2D eigenvalue weighted by molar-refractivity contribution is 6.08. The van der Waals surface area contributed by atoms with Gasteiger partial charge in [-0.3, -0.25) is 0 Å². The van der Waals surface area contributed by atoms with Gasteiger partial charge in [0.2, 0.25) is 0 Å². The molecule has 2 aromatic rings. The minimum Gasteiger partial charge on any atom is -0.478 e. The van der Waals surface area contributed by atoms with Crippen LogP contribution in [0.5, 0.6) is 0 Å². The predicted octanol–water partition coefficient (Wildman–Crippen LogP) is 2.15. The van der Waals surface area contributed by atoms with Gasteiger partial charge in [-0.15, -0.1) is 0 Å². The van der Waals surface area contributed by atoms with Crippen LogP contribution < -0.4 is 0 Å². The first-order valence-electron chi connectivity index (χ1n) is 6.44. The molecule has 0 aliphatic heterocycles. The van der Waals surface area contributed by atoms with Crippen molar-refractivity contribution < 1.29 is 39.6 Å². The Bertz CT molecular complexity index is 882. The quantitative estimate of drug-likeness (QED) is 0.651. The summed E-state index contributed by atoms with van der Waals surface area (Å²) in [5, 5.41) is 36.8. The summed E-state index contributed by atoms with van der Waals surface area (Å²) in [7, 11) is 0. The van der Waals surface area contributed by atoms with Gasteiger partial charge in [0.15, 0.2) is 0 Å². The summed E-state index contributed by atoms with van der Waals surface area (Å²) in [6.45, 7) is 0. The maximum atomic E-state index is 11.4. The van der Waals surface area contributed by atoms with Crippen LogP contribution >= 0.6 is 0 Å². The summed E-state index contributed by atoms with van der Waals surface area (Å²) < 4.78 is 0. The van der Waals surface area contributed by atoms with E-state index in [-0.39, 0.29) is 16.7 Å². The van der Waals surface area contributed by atoms with Crippen LogP contribution in [0.15, 0.2) is 36.4 Å². The summed E-state index contributed by atoms with van der Waals surface area (Å²) in [4.78, 5) is 45.2. The van der Waals surface area contributed by atoms with E-state index >= 15 is 0 Å². The van der Waals surface area contributed by atoms with Crippen LogP contribution in [0.4, 0.5) is 0 Å². The van der Waals surface area contributed by atoms with Crippen LogP contribution in [-0.2, 0) is 0 Å². The zero-order valence-electron chi connectivity index (χ0n) is 11.9. The Hall–Kier alpha value is -3.68. The third-order valence-electron chi connectivity index (χ3n) is 3.30. The van der Waals surface area contributed by atoms with Crippen molar-refractivity contribution in [3.8, 4) is 11.1 Å². The molecule has 2 rings (SSSR count). The predicted molar refractivity (Wildman–Crippen MR) is 79.7 cm³/mol. The molecule has 0 spiro atoms. The van der Waals surface area contributed by atoms with Crippen LogP contribution in [0.1, 0.15) is 41.4 Å². The highest BCUT2D eigenvalue weighted by Gasteiger charge is 2.24. The summed E-state index contributed by atoms with van der Waals surface area (Å²) in [5.41, 5.74) is -2.30. The average molecular weight is 330 g/mol. The Balaban J connectivity index is 2.91. The largest absolute Gasteiger partial charge is 0.478 e. The molecule has 0 saturated heterocycles. The van der Waals surface area contributed by atoms with Gasteiger partial charge in [-0.25, -0.2) is 19.2 Å². The molecule has 0 bridgehead atoms. The van der Waals surface area contributed by atoms with Crippen molar-refractivity contribution in [2.75, 3.05) is 0 Å². The molecule has 0 saturated carbocycles. The van der Waals surface area contributed by atoms with Gasteiger partial charge in [-0.2, -0.15) is 0 Å². The second-order valence-electron chi connectivity index (χ2n) is 4.71. The van der Waals surface area contributed by atoms with E-state index < -0.39 is 40.6 Å². The lowest BCUT2D eigenvalue weighted by molar-refractivity contribution is 0.0649. The molecule has 0 amide bonds. The van der Waals surface area contributed by atoms with Crippen LogP contribution in [0.25, 0.3) is 11.1 Å². The first kappa shape index (κ1) is 16.7. The topological polar surface area (TPSA) is 149 Å². The monoisotopic (exact) mass is 330 g/mol. The minimum atomic E-state index is -1.60. The SMILES string of the molecule is O=C(O)c1cc(C(=O)O)c(-c2ccccc2C(=O)O)cc1C(=O)O. The molecule has 8 nitrogen and oxygen atoms in total. The van der Waals surface area contributed by atoms with Crippen LogP contribution in [0, 0.1) is 0 Å². The molecule has 0 atom stereocenters. The molecule has 0 fully saturated rings. The summed E-state index contributed by atoms with van der Waals surface area (Å²) in [6.07, 6.45) is 0. The van der Waals surface area contributed by atoms with Gasteiger partial charge in [-0.05, 0) is 29.3 Å². The van der Waals surface area contributed by atoms with E-state index in [9.17, 15) is 29.4 Å². The van der Waals surface area contributed by atoms with Gasteiger partial charge in [0, 0.05) is 0 Å². The lowest BCUT2D eigenvalue weighted by Crippen LogP contribution is -2.12. The molecule has 0 unspecified atom stereocenters.